The second kappa shape index (κ2) is 26.8. The third-order valence-electron chi connectivity index (χ3n) is 7.98. The number of carboxylic acids is 1. The van der Waals surface area contributed by atoms with Gasteiger partial charge in [0.1, 0.15) is 17.9 Å². The van der Waals surface area contributed by atoms with Crippen LogP contribution in [-0.2, 0) is 38.4 Å². The Morgan fingerprint density at radius 1 is 0.574 bits per heavy atom. The van der Waals surface area contributed by atoms with Crippen molar-refractivity contribution in [3.63, 3.8) is 0 Å². The van der Waals surface area contributed by atoms with E-state index in [1.165, 1.54) is 6.92 Å². The van der Waals surface area contributed by atoms with Gasteiger partial charge in [-0.2, -0.15) is 0 Å². The van der Waals surface area contributed by atoms with E-state index in [2.05, 4.69) is 36.9 Å². The lowest BCUT2D eigenvalue weighted by atomic mass is 9.94. The minimum absolute atomic E-state index is 0.0250. The SMILES string of the molecule is C[C@H](CC(=O)C[C@@H](CCCCN)C(=O)O)NC(=O)C[C@H](C)NC(=O)C[C@@H](C)NC(=O)C[C@H](C)NC(=O)[C@H](C)NC(=O)[C@H](CCCN=C(N)N)NC(=O)CN. The van der Waals surface area contributed by atoms with E-state index in [-0.39, 0.29) is 63.4 Å². The van der Waals surface area contributed by atoms with Crippen molar-refractivity contribution in [3.05, 3.63) is 0 Å². The van der Waals surface area contributed by atoms with E-state index < -0.39 is 83.6 Å². The number of nitrogens with two attached hydrogens (primary N) is 4. The maximum atomic E-state index is 12.8. The van der Waals surface area contributed by atoms with Crippen LogP contribution < -0.4 is 54.8 Å². The number of rotatable bonds is 28. The van der Waals surface area contributed by atoms with Crippen LogP contribution in [0.15, 0.2) is 4.99 Å². The molecular formula is C34H63N11O9. The molecule has 0 saturated heterocycles. The molecule has 0 aromatic heterocycles. The Hall–Kier alpha value is -4.85. The van der Waals surface area contributed by atoms with E-state index in [4.69, 9.17) is 22.9 Å². The fourth-order valence-electron chi connectivity index (χ4n) is 5.36. The Morgan fingerprint density at radius 3 is 1.54 bits per heavy atom. The molecule has 308 valence electrons. The Labute approximate surface area is 316 Å². The summed E-state index contributed by atoms with van der Waals surface area (Å²) in [5.74, 6) is -5.22. The van der Waals surface area contributed by atoms with Gasteiger partial charge >= 0.3 is 5.97 Å². The predicted molar refractivity (Wildman–Crippen MR) is 201 cm³/mol. The van der Waals surface area contributed by atoms with Crippen molar-refractivity contribution < 1.29 is 43.5 Å². The van der Waals surface area contributed by atoms with Crippen molar-refractivity contribution in [1.29, 1.82) is 0 Å². The molecule has 20 nitrogen and oxygen atoms in total. The molecule has 20 heteroatoms. The van der Waals surface area contributed by atoms with E-state index in [9.17, 15) is 43.5 Å². The number of Topliss-reactive ketones (excluding diaryl/α,β-unsaturated/α-hetero) is 1. The summed E-state index contributed by atoms with van der Waals surface area (Å²) in [6.07, 6.45) is 1.75. The number of guanidine groups is 1. The molecule has 0 aromatic rings. The van der Waals surface area contributed by atoms with E-state index >= 15 is 0 Å². The smallest absolute Gasteiger partial charge is 0.306 e. The second-order valence-electron chi connectivity index (χ2n) is 13.7. The number of hydrogen-bond acceptors (Lipinski definition) is 11. The number of amides is 6. The molecule has 0 aromatic carbocycles. The number of aliphatic imine (C=N–C) groups is 1. The fourth-order valence-corrected chi connectivity index (χ4v) is 5.36. The summed E-state index contributed by atoms with van der Waals surface area (Å²) in [6, 6.07) is -4.30. The normalized spacial score (nSPS) is 14.7. The average molecular weight is 770 g/mol. The van der Waals surface area contributed by atoms with Gasteiger partial charge in [-0.1, -0.05) is 6.42 Å². The van der Waals surface area contributed by atoms with E-state index in [0.29, 0.717) is 32.2 Å². The highest BCUT2D eigenvalue weighted by Gasteiger charge is 2.26. The number of nitrogens with zero attached hydrogens (tertiary/aromatic N) is 1. The first-order valence-electron chi connectivity index (χ1n) is 18.3. The molecule has 0 radical (unpaired) electrons. The fraction of sp³-hybridized carbons (Fsp3) is 0.735. The first kappa shape index (κ1) is 49.1. The maximum Gasteiger partial charge on any atom is 0.306 e. The van der Waals surface area contributed by atoms with Gasteiger partial charge in [-0.3, -0.25) is 43.3 Å². The van der Waals surface area contributed by atoms with Crippen LogP contribution in [0.25, 0.3) is 0 Å². The van der Waals surface area contributed by atoms with Crippen molar-refractivity contribution in [3.8, 4) is 0 Å². The van der Waals surface area contributed by atoms with Gasteiger partial charge in [0.2, 0.25) is 35.4 Å². The highest BCUT2D eigenvalue weighted by Crippen LogP contribution is 2.15. The molecule has 0 unspecified atom stereocenters. The molecule has 0 fully saturated rings. The number of unbranched alkanes of at least 4 members (excludes halogenated alkanes) is 1. The molecule has 0 aliphatic carbocycles. The Morgan fingerprint density at radius 2 is 1.07 bits per heavy atom. The molecule has 0 saturated carbocycles. The summed E-state index contributed by atoms with van der Waals surface area (Å²) in [7, 11) is 0. The molecular weight excluding hydrogens is 706 g/mol. The summed E-state index contributed by atoms with van der Waals surface area (Å²) in [4.78, 5) is 103. The summed E-state index contributed by atoms with van der Waals surface area (Å²) >= 11 is 0. The number of ketones is 1. The van der Waals surface area contributed by atoms with Crippen LogP contribution in [0.5, 0.6) is 0 Å². The highest BCUT2D eigenvalue weighted by atomic mass is 16.4. The molecule has 0 bridgehead atoms. The van der Waals surface area contributed by atoms with Crippen molar-refractivity contribution in [2.45, 2.75) is 135 Å². The zero-order valence-corrected chi connectivity index (χ0v) is 32.2. The summed E-state index contributed by atoms with van der Waals surface area (Å²) < 4.78 is 0. The molecule has 7 atom stereocenters. The first-order valence-corrected chi connectivity index (χ1v) is 18.3. The zero-order chi connectivity index (χ0) is 41.4. The van der Waals surface area contributed by atoms with Crippen LogP contribution >= 0.6 is 0 Å². The third-order valence-corrected chi connectivity index (χ3v) is 7.98. The predicted octanol–water partition coefficient (Wildman–Crippen LogP) is -2.64. The largest absolute Gasteiger partial charge is 0.481 e. The zero-order valence-electron chi connectivity index (χ0n) is 32.2. The van der Waals surface area contributed by atoms with Crippen LogP contribution in [0.3, 0.4) is 0 Å². The number of hydrogen-bond donors (Lipinski definition) is 11. The maximum absolute atomic E-state index is 12.8. The summed E-state index contributed by atoms with van der Waals surface area (Å²) in [5, 5.41) is 25.2. The van der Waals surface area contributed by atoms with Gasteiger partial charge < -0.3 is 59.9 Å². The number of aliphatic carboxylic acids is 1. The van der Waals surface area contributed by atoms with Crippen LogP contribution in [0.2, 0.25) is 0 Å². The Bertz CT molecular complexity index is 1290. The summed E-state index contributed by atoms with van der Waals surface area (Å²) in [6.45, 7) is 8.27. The molecule has 0 aliphatic heterocycles. The monoisotopic (exact) mass is 769 g/mol. The summed E-state index contributed by atoms with van der Waals surface area (Å²) in [5.41, 5.74) is 21.4. The van der Waals surface area contributed by atoms with E-state index in [1.807, 2.05) is 0 Å². The minimum Gasteiger partial charge on any atom is -0.481 e. The quantitative estimate of drug-likeness (QED) is 0.0220. The Balaban J connectivity index is 4.69. The van der Waals surface area contributed by atoms with E-state index in [0.717, 1.165) is 0 Å². The van der Waals surface area contributed by atoms with Gasteiger partial charge in [-0.15, -0.1) is 0 Å². The number of carbonyl (C=O) groups excluding carboxylic acids is 7. The van der Waals surface area contributed by atoms with Gasteiger partial charge in [0, 0.05) is 62.8 Å². The van der Waals surface area contributed by atoms with Crippen LogP contribution in [0.1, 0.15) is 98.8 Å². The lowest BCUT2D eigenvalue weighted by Gasteiger charge is -2.22. The molecule has 0 aliphatic rings. The molecule has 0 rings (SSSR count). The highest BCUT2D eigenvalue weighted by molar-refractivity contribution is 5.92. The van der Waals surface area contributed by atoms with Gasteiger partial charge in [0.25, 0.3) is 0 Å². The van der Waals surface area contributed by atoms with Crippen molar-refractivity contribution in [1.82, 2.24) is 31.9 Å². The number of carbonyl (C=O) groups is 8. The van der Waals surface area contributed by atoms with Gasteiger partial charge in [-0.25, -0.2) is 0 Å². The molecule has 6 amide bonds. The standard InChI is InChI=1S/C34H63N11O9/c1-19(13-25(46)17-24(33(53)54)9-6-7-11-35)40-27(47)14-20(2)41-28(48)15-21(3)42-29(49)16-22(4)43-31(51)23(5)44-32(52)26(45-30(50)18-36)10-8-12-39-34(37)38/h19-24,26H,6-18,35-36H2,1-5H3,(H,40,47)(H,41,48)(H,42,49)(H,43,51)(H,44,52)(H,45,50)(H,53,54)(H4,37,38,39)/t19-,20+,21-,22+,23+,24-,26+/m1/s1. The van der Waals surface area contributed by atoms with Gasteiger partial charge in [0.05, 0.1) is 12.5 Å². The van der Waals surface area contributed by atoms with Gasteiger partial charge in [0.15, 0.2) is 5.96 Å². The van der Waals surface area contributed by atoms with Crippen LogP contribution in [-0.4, -0.2) is 114 Å². The average Bonchev–Trinajstić information content (AvgIpc) is 3.04. The topological polar surface area (TPSA) is 345 Å². The number of nitrogens with one attached hydrogen (secondary N) is 6. The third kappa shape index (κ3) is 23.7. The number of carboxylic acid groups (broad SMARTS) is 1. The first-order chi connectivity index (χ1) is 25.3. The van der Waals surface area contributed by atoms with Gasteiger partial charge in [-0.05, 0) is 66.8 Å². The molecule has 0 spiro atoms. The van der Waals surface area contributed by atoms with Crippen LogP contribution in [0, 0.1) is 5.92 Å². The molecule has 15 N–H and O–H groups in total. The van der Waals surface area contributed by atoms with Crippen molar-refractivity contribution in [2.75, 3.05) is 19.6 Å². The Kier molecular flexibility index (Phi) is 24.4. The molecule has 54 heavy (non-hydrogen) atoms. The van der Waals surface area contributed by atoms with E-state index in [1.54, 1.807) is 27.7 Å². The second-order valence-corrected chi connectivity index (χ2v) is 13.7. The lowest BCUT2D eigenvalue weighted by Crippen LogP contribution is -2.54. The van der Waals surface area contributed by atoms with Crippen LogP contribution in [0.4, 0.5) is 0 Å². The van der Waals surface area contributed by atoms with Crippen molar-refractivity contribution >= 4 is 53.2 Å². The minimum atomic E-state index is -1.04. The van der Waals surface area contributed by atoms with Crippen molar-refractivity contribution in [2.24, 2.45) is 33.8 Å². The molecule has 0 heterocycles. The lowest BCUT2D eigenvalue weighted by molar-refractivity contribution is -0.144.